The molecule has 0 aliphatic heterocycles. The van der Waals surface area contributed by atoms with Crippen LogP contribution in [-0.2, 0) is 16.2 Å². The summed E-state index contributed by atoms with van der Waals surface area (Å²) in [5.41, 5.74) is -0.519. The average Bonchev–Trinajstić information content (AvgIpc) is 2.89. The van der Waals surface area contributed by atoms with E-state index < -0.39 is 51.7 Å². The van der Waals surface area contributed by atoms with Gasteiger partial charge in [0.1, 0.15) is 5.82 Å². The van der Waals surface area contributed by atoms with Gasteiger partial charge in [0.15, 0.2) is 0 Å². The topological polar surface area (TPSA) is 86.6 Å². The maximum Gasteiger partial charge on any atom is 0.416 e. The molecule has 0 radical (unpaired) electrons. The number of benzene rings is 2. The molecule has 2 aromatic carbocycles. The maximum atomic E-state index is 13.0. The Morgan fingerprint density at radius 1 is 0.964 bits per heavy atom. The monoisotopic (exact) mass is 419 g/mol. The largest absolute Gasteiger partial charge is 0.416 e. The smallest absolute Gasteiger partial charge is 0.390 e. The van der Waals surface area contributed by atoms with Crippen molar-refractivity contribution in [3.8, 4) is 0 Å². The predicted octanol–water partition coefficient (Wildman–Crippen LogP) is 2.40. The zero-order chi connectivity index (χ0) is 20.7. The fourth-order valence-corrected chi connectivity index (χ4v) is 4.59. The van der Waals surface area contributed by atoms with Crippen molar-refractivity contribution in [1.29, 1.82) is 0 Å². The van der Waals surface area contributed by atoms with Crippen LogP contribution in [0.25, 0.3) is 0 Å². The van der Waals surface area contributed by atoms with Gasteiger partial charge >= 0.3 is 6.18 Å². The molecule has 4 atom stereocenters. The van der Waals surface area contributed by atoms with E-state index in [0.717, 1.165) is 36.4 Å². The molecule has 3 N–H and O–H groups in total. The first-order valence-electron chi connectivity index (χ1n) is 8.30. The van der Waals surface area contributed by atoms with E-state index in [0.29, 0.717) is 5.56 Å². The molecule has 152 valence electrons. The van der Waals surface area contributed by atoms with E-state index in [2.05, 4.69) is 4.72 Å². The van der Waals surface area contributed by atoms with Gasteiger partial charge in [-0.05, 0) is 48.4 Å². The minimum absolute atomic E-state index is 0.0386. The summed E-state index contributed by atoms with van der Waals surface area (Å²) in [6, 6.07) is 6.95. The molecule has 0 heterocycles. The minimum atomic E-state index is -4.52. The van der Waals surface area contributed by atoms with Crippen LogP contribution >= 0.6 is 0 Å². The number of rotatable bonds is 4. The third kappa shape index (κ3) is 4.19. The van der Waals surface area contributed by atoms with Crippen molar-refractivity contribution in [1.82, 2.24) is 4.72 Å². The Bertz CT molecular complexity index is 930. The van der Waals surface area contributed by atoms with Gasteiger partial charge in [-0.3, -0.25) is 0 Å². The van der Waals surface area contributed by atoms with Crippen LogP contribution in [0.15, 0.2) is 53.4 Å². The lowest BCUT2D eigenvalue weighted by molar-refractivity contribution is -0.137. The summed E-state index contributed by atoms with van der Waals surface area (Å²) >= 11 is 0. The van der Waals surface area contributed by atoms with E-state index in [4.69, 9.17) is 0 Å². The molecule has 1 aliphatic carbocycles. The van der Waals surface area contributed by atoms with Crippen LogP contribution in [0.5, 0.6) is 0 Å². The van der Waals surface area contributed by atoms with Crippen molar-refractivity contribution in [2.45, 2.75) is 41.7 Å². The predicted molar refractivity (Wildman–Crippen MR) is 91.3 cm³/mol. The second kappa shape index (κ2) is 7.43. The highest BCUT2D eigenvalue weighted by Crippen LogP contribution is 2.37. The fraction of sp³-hybridized carbons (Fsp3) is 0.333. The third-order valence-electron chi connectivity index (χ3n) is 4.77. The minimum Gasteiger partial charge on any atom is -0.390 e. The Balaban J connectivity index is 1.88. The normalized spacial score (nSPS) is 25.8. The Morgan fingerprint density at radius 3 is 2.07 bits per heavy atom. The Hall–Kier alpha value is -2.01. The van der Waals surface area contributed by atoms with Crippen molar-refractivity contribution in [3.63, 3.8) is 0 Å². The average molecular weight is 419 g/mol. The van der Waals surface area contributed by atoms with Crippen molar-refractivity contribution in [2.24, 2.45) is 0 Å². The lowest BCUT2D eigenvalue weighted by atomic mass is 9.93. The van der Waals surface area contributed by atoms with E-state index in [-0.39, 0.29) is 11.3 Å². The molecule has 0 aromatic heterocycles. The second-order valence-corrected chi connectivity index (χ2v) is 8.33. The summed E-state index contributed by atoms with van der Waals surface area (Å²) < 4.78 is 78.6. The molecule has 1 fully saturated rings. The molecule has 1 saturated carbocycles. The number of nitrogens with one attached hydrogen (secondary N) is 1. The standard InChI is InChI=1S/C18H17F4NO4S/c19-12-5-7-13(8-6-12)28(26,27)23-16-14(9-15(24)17(16)25)10-1-3-11(4-2-10)18(20,21)22/h1-8,14-17,23-25H,9H2/t14-,15-,16-,17-/m1/s1. The van der Waals surface area contributed by atoms with Crippen LogP contribution in [0.1, 0.15) is 23.5 Å². The van der Waals surface area contributed by atoms with Crippen molar-refractivity contribution in [3.05, 3.63) is 65.5 Å². The highest BCUT2D eigenvalue weighted by Gasteiger charge is 2.44. The van der Waals surface area contributed by atoms with Crippen LogP contribution in [0, 0.1) is 5.82 Å². The van der Waals surface area contributed by atoms with E-state index in [9.17, 15) is 36.2 Å². The maximum absolute atomic E-state index is 13.0. The third-order valence-corrected chi connectivity index (χ3v) is 6.25. The van der Waals surface area contributed by atoms with E-state index >= 15 is 0 Å². The summed E-state index contributed by atoms with van der Waals surface area (Å²) in [4.78, 5) is -0.242. The quantitative estimate of drug-likeness (QED) is 0.665. The number of hydrogen-bond acceptors (Lipinski definition) is 4. The highest BCUT2D eigenvalue weighted by atomic mass is 32.2. The Labute approximate surface area is 158 Å². The number of aliphatic hydroxyl groups is 2. The molecule has 0 amide bonds. The van der Waals surface area contributed by atoms with Gasteiger partial charge in [-0.25, -0.2) is 17.5 Å². The first-order valence-corrected chi connectivity index (χ1v) is 9.78. The molecule has 10 heteroatoms. The summed E-state index contributed by atoms with van der Waals surface area (Å²) in [7, 11) is -4.16. The van der Waals surface area contributed by atoms with Crippen molar-refractivity contribution < 1.29 is 36.2 Å². The van der Waals surface area contributed by atoms with Gasteiger partial charge in [0.25, 0.3) is 0 Å². The lowest BCUT2D eigenvalue weighted by Gasteiger charge is -2.24. The summed E-state index contributed by atoms with van der Waals surface area (Å²) in [6.45, 7) is 0. The Morgan fingerprint density at radius 2 is 1.54 bits per heavy atom. The molecular weight excluding hydrogens is 402 g/mol. The molecule has 0 unspecified atom stereocenters. The first kappa shape index (κ1) is 20.7. The van der Waals surface area contributed by atoms with Crippen LogP contribution in [0.3, 0.4) is 0 Å². The Kier molecular flexibility index (Phi) is 5.50. The van der Waals surface area contributed by atoms with E-state index in [1.165, 1.54) is 12.1 Å². The van der Waals surface area contributed by atoms with Gasteiger partial charge in [0, 0.05) is 5.92 Å². The van der Waals surface area contributed by atoms with E-state index in [1.54, 1.807) is 0 Å². The fourth-order valence-electron chi connectivity index (χ4n) is 3.30. The van der Waals surface area contributed by atoms with Crippen LogP contribution < -0.4 is 4.72 Å². The number of alkyl halides is 3. The number of sulfonamides is 1. The molecule has 1 aliphatic rings. The van der Waals surface area contributed by atoms with Gasteiger partial charge in [-0.15, -0.1) is 0 Å². The van der Waals surface area contributed by atoms with Crippen LogP contribution in [0.2, 0.25) is 0 Å². The van der Waals surface area contributed by atoms with Gasteiger partial charge < -0.3 is 10.2 Å². The first-order chi connectivity index (χ1) is 13.0. The van der Waals surface area contributed by atoms with Gasteiger partial charge in [-0.2, -0.15) is 13.2 Å². The highest BCUT2D eigenvalue weighted by molar-refractivity contribution is 7.89. The zero-order valence-corrected chi connectivity index (χ0v) is 15.1. The lowest BCUT2D eigenvalue weighted by Crippen LogP contribution is -2.45. The SMILES string of the molecule is O=S(=O)(N[C@H]1[C@H](O)[C@H](O)C[C@@H]1c1ccc(C(F)(F)F)cc1)c1ccc(F)cc1. The molecule has 2 aromatic rings. The van der Waals surface area contributed by atoms with Gasteiger partial charge in [0.05, 0.1) is 28.7 Å². The summed E-state index contributed by atoms with van der Waals surface area (Å²) in [5.74, 6) is -1.37. The van der Waals surface area contributed by atoms with Gasteiger partial charge in [0.2, 0.25) is 10.0 Å². The van der Waals surface area contributed by atoms with Crippen molar-refractivity contribution >= 4 is 10.0 Å². The molecule has 0 spiro atoms. The molecule has 0 bridgehead atoms. The molecular formula is C18H17F4NO4S. The van der Waals surface area contributed by atoms with Crippen LogP contribution in [0.4, 0.5) is 17.6 Å². The second-order valence-electron chi connectivity index (χ2n) is 6.62. The van der Waals surface area contributed by atoms with Gasteiger partial charge in [-0.1, -0.05) is 12.1 Å². The molecule has 5 nitrogen and oxygen atoms in total. The number of halogens is 4. The van der Waals surface area contributed by atoms with E-state index in [1.807, 2.05) is 0 Å². The summed E-state index contributed by atoms with van der Waals surface area (Å²) in [5, 5.41) is 20.2. The number of hydrogen-bond donors (Lipinski definition) is 3. The molecule has 28 heavy (non-hydrogen) atoms. The van der Waals surface area contributed by atoms with Crippen molar-refractivity contribution in [2.75, 3.05) is 0 Å². The number of aliphatic hydroxyl groups excluding tert-OH is 2. The van der Waals surface area contributed by atoms with Crippen LogP contribution in [-0.4, -0.2) is 36.9 Å². The summed E-state index contributed by atoms with van der Waals surface area (Å²) in [6.07, 6.45) is -7.27. The zero-order valence-electron chi connectivity index (χ0n) is 14.3. The molecule has 3 rings (SSSR count). The molecule has 0 saturated heterocycles.